The molecule has 25 heavy (non-hydrogen) atoms. The molecule has 0 amide bonds. The second-order valence-corrected chi connectivity index (χ2v) is 5.37. The zero-order chi connectivity index (χ0) is 19.0. The molecule has 0 aliphatic heterocycles. The Morgan fingerprint density at radius 3 is 1.28 bits per heavy atom. The summed E-state index contributed by atoms with van der Waals surface area (Å²) in [7, 11) is 0. The summed E-state index contributed by atoms with van der Waals surface area (Å²) in [4.78, 5) is 15.7. The molecule has 0 bridgehead atoms. The molecule has 0 saturated heterocycles. The number of benzene rings is 2. The van der Waals surface area contributed by atoms with Crippen molar-refractivity contribution in [1.82, 2.24) is 0 Å². The van der Waals surface area contributed by atoms with Gasteiger partial charge in [-0.15, -0.1) is 0 Å². The summed E-state index contributed by atoms with van der Waals surface area (Å²) in [5, 5.41) is 20.9. The predicted octanol–water partition coefficient (Wildman–Crippen LogP) is 4.49. The van der Waals surface area contributed by atoms with Gasteiger partial charge in [-0.1, -0.05) is 11.8 Å². The van der Waals surface area contributed by atoms with Crippen LogP contribution in [0.4, 0.5) is 37.7 Å². The maximum atomic E-state index is 13.7. The van der Waals surface area contributed by atoms with Gasteiger partial charge in [0.15, 0.2) is 11.6 Å². The summed E-state index contributed by atoms with van der Waals surface area (Å²) < 4.78 is 81.5. The zero-order valence-corrected chi connectivity index (χ0v) is 12.2. The Bertz CT molecular complexity index is 850. The fraction of sp³-hybridized carbons (Fsp3) is 0. The first-order valence-corrected chi connectivity index (χ1v) is 6.69. The largest absolute Gasteiger partial charge is 0.343 e. The van der Waals surface area contributed by atoms with Gasteiger partial charge >= 0.3 is 11.4 Å². The SMILES string of the molecule is O=[N+]([O-])c1c(F)cc(Sc2cc(F)c([N+](=O)[O-])c(F)c2F)c(F)c1F. The van der Waals surface area contributed by atoms with E-state index < -0.39 is 65.9 Å². The van der Waals surface area contributed by atoms with E-state index in [1.54, 1.807) is 0 Å². The van der Waals surface area contributed by atoms with Crippen molar-refractivity contribution in [3.8, 4) is 0 Å². The van der Waals surface area contributed by atoms with Crippen LogP contribution in [0.25, 0.3) is 0 Å². The summed E-state index contributed by atoms with van der Waals surface area (Å²) in [5.74, 6) is -11.9. The minimum absolute atomic E-state index is 0.123. The molecule has 0 radical (unpaired) electrons. The molecule has 0 N–H and O–H groups in total. The van der Waals surface area contributed by atoms with Crippen LogP contribution in [0.15, 0.2) is 21.9 Å². The number of rotatable bonds is 4. The minimum Gasteiger partial charge on any atom is -0.258 e. The molecule has 0 fully saturated rings. The van der Waals surface area contributed by atoms with Crippen LogP contribution in [0, 0.1) is 55.1 Å². The second-order valence-electron chi connectivity index (χ2n) is 4.28. The molecule has 0 unspecified atom stereocenters. The smallest absolute Gasteiger partial charge is 0.258 e. The Kier molecular flexibility index (Phi) is 4.87. The van der Waals surface area contributed by atoms with Gasteiger partial charge in [-0.2, -0.15) is 17.6 Å². The van der Waals surface area contributed by atoms with E-state index in [-0.39, 0.29) is 23.9 Å². The van der Waals surface area contributed by atoms with Crippen molar-refractivity contribution >= 4 is 23.1 Å². The molecule has 0 aromatic heterocycles. The molecule has 0 heterocycles. The van der Waals surface area contributed by atoms with Gasteiger partial charge in [0.05, 0.1) is 19.6 Å². The van der Waals surface area contributed by atoms with Crippen LogP contribution in [-0.2, 0) is 0 Å². The molecule has 0 aliphatic rings. The maximum absolute atomic E-state index is 13.7. The highest BCUT2D eigenvalue weighted by atomic mass is 32.2. The van der Waals surface area contributed by atoms with Crippen LogP contribution in [-0.4, -0.2) is 9.85 Å². The van der Waals surface area contributed by atoms with E-state index in [9.17, 15) is 46.6 Å². The van der Waals surface area contributed by atoms with Crippen molar-refractivity contribution in [3.63, 3.8) is 0 Å². The van der Waals surface area contributed by atoms with Gasteiger partial charge in [0.2, 0.25) is 23.3 Å². The molecular weight excluding hydrogens is 382 g/mol. The molecule has 13 heteroatoms. The minimum atomic E-state index is -2.20. The van der Waals surface area contributed by atoms with Crippen molar-refractivity contribution in [2.45, 2.75) is 9.79 Å². The molecule has 0 saturated carbocycles. The van der Waals surface area contributed by atoms with Crippen LogP contribution >= 0.6 is 11.8 Å². The maximum Gasteiger partial charge on any atom is 0.343 e. The van der Waals surface area contributed by atoms with Gasteiger partial charge in [0, 0.05) is 0 Å². The number of hydrogen-bond acceptors (Lipinski definition) is 5. The molecule has 132 valence electrons. The lowest BCUT2D eigenvalue weighted by molar-refractivity contribution is -0.390. The van der Waals surface area contributed by atoms with Gasteiger partial charge in [-0.25, -0.2) is 8.78 Å². The summed E-state index contributed by atoms with van der Waals surface area (Å²) in [6, 6.07) is 0.246. The average molecular weight is 384 g/mol. The van der Waals surface area contributed by atoms with Crippen molar-refractivity contribution in [2.75, 3.05) is 0 Å². The van der Waals surface area contributed by atoms with E-state index in [4.69, 9.17) is 0 Å². The Morgan fingerprint density at radius 1 is 0.680 bits per heavy atom. The third-order valence-electron chi connectivity index (χ3n) is 2.79. The number of nitro groups is 2. The van der Waals surface area contributed by atoms with Crippen molar-refractivity contribution in [1.29, 1.82) is 0 Å². The van der Waals surface area contributed by atoms with Crippen molar-refractivity contribution < 1.29 is 36.2 Å². The Labute approximate surface area is 137 Å². The number of nitro benzene ring substituents is 2. The Morgan fingerprint density at radius 2 is 1.00 bits per heavy atom. The predicted molar refractivity (Wildman–Crippen MR) is 70.1 cm³/mol. The van der Waals surface area contributed by atoms with Crippen molar-refractivity contribution in [2.24, 2.45) is 0 Å². The van der Waals surface area contributed by atoms with E-state index in [2.05, 4.69) is 0 Å². The first-order chi connectivity index (χ1) is 11.6. The first kappa shape index (κ1) is 18.5. The fourth-order valence-corrected chi connectivity index (χ4v) is 2.65. The van der Waals surface area contributed by atoms with Gasteiger partial charge in [-0.05, 0) is 12.1 Å². The van der Waals surface area contributed by atoms with Crippen LogP contribution in [0.2, 0.25) is 0 Å². The normalized spacial score (nSPS) is 10.8. The van der Waals surface area contributed by atoms with Gasteiger partial charge in [-0.3, -0.25) is 20.2 Å². The lowest BCUT2D eigenvalue weighted by atomic mass is 10.3. The number of halogens is 6. The highest BCUT2D eigenvalue weighted by Gasteiger charge is 2.31. The van der Waals surface area contributed by atoms with E-state index in [0.29, 0.717) is 0 Å². The first-order valence-electron chi connectivity index (χ1n) is 5.87. The average Bonchev–Trinajstić information content (AvgIpc) is 2.48. The molecule has 2 aromatic carbocycles. The zero-order valence-electron chi connectivity index (χ0n) is 11.4. The van der Waals surface area contributed by atoms with E-state index in [1.807, 2.05) is 0 Å². The quantitative estimate of drug-likeness (QED) is 0.336. The Hall–Kier alpha value is -2.83. The summed E-state index contributed by atoms with van der Waals surface area (Å²) >= 11 is -0.217. The molecular formula is C12H2F6N2O4S. The lowest BCUT2D eigenvalue weighted by Gasteiger charge is -2.07. The molecule has 0 atom stereocenters. The second kappa shape index (κ2) is 6.58. The molecule has 0 spiro atoms. The van der Waals surface area contributed by atoms with E-state index in [0.717, 1.165) is 0 Å². The van der Waals surface area contributed by atoms with Gasteiger partial charge in [0.25, 0.3) is 0 Å². The monoisotopic (exact) mass is 384 g/mol. The fourth-order valence-electron chi connectivity index (χ4n) is 1.73. The molecule has 2 aromatic rings. The topological polar surface area (TPSA) is 86.3 Å². The lowest BCUT2D eigenvalue weighted by Crippen LogP contribution is -2.03. The van der Waals surface area contributed by atoms with E-state index >= 15 is 0 Å². The molecule has 2 rings (SSSR count). The summed E-state index contributed by atoms with van der Waals surface area (Å²) in [6.45, 7) is 0. The summed E-state index contributed by atoms with van der Waals surface area (Å²) in [5.41, 5.74) is -3.60. The van der Waals surface area contributed by atoms with Crippen molar-refractivity contribution in [3.05, 3.63) is 67.3 Å². The number of hydrogen-bond donors (Lipinski definition) is 0. The van der Waals surface area contributed by atoms with Crippen LogP contribution < -0.4 is 0 Å². The third kappa shape index (κ3) is 3.22. The number of nitrogens with zero attached hydrogens (tertiary/aromatic N) is 2. The van der Waals surface area contributed by atoms with Crippen LogP contribution in [0.5, 0.6) is 0 Å². The van der Waals surface area contributed by atoms with Gasteiger partial charge < -0.3 is 0 Å². The molecule has 0 aliphatic carbocycles. The van der Waals surface area contributed by atoms with Gasteiger partial charge in [0.1, 0.15) is 0 Å². The Balaban J connectivity index is 2.59. The van der Waals surface area contributed by atoms with Crippen LogP contribution in [0.3, 0.4) is 0 Å². The molecule has 6 nitrogen and oxygen atoms in total. The highest BCUT2D eigenvalue weighted by molar-refractivity contribution is 7.99. The van der Waals surface area contributed by atoms with Crippen LogP contribution in [0.1, 0.15) is 0 Å². The summed E-state index contributed by atoms with van der Waals surface area (Å²) in [6.07, 6.45) is 0. The highest BCUT2D eigenvalue weighted by Crippen LogP contribution is 2.39. The third-order valence-corrected chi connectivity index (χ3v) is 3.82. The van der Waals surface area contributed by atoms with E-state index in [1.165, 1.54) is 0 Å². The standard InChI is InChI=1S/C12H2F6N2O4S/c13-3-1-5(7(15)9(17)11(3)19(21)22)25-6-2-4(14)12(20(23)24)10(18)8(6)16/h1-2H.